The first kappa shape index (κ1) is 14.5. The van der Waals surface area contributed by atoms with Crippen molar-refractivity contribution in [2.24, 2.45) is 0 Å². The minimum absolute atomic E-state index is 0.0491. The van der Waals surface area contributed by atoms with Crippen molar-refractivity contribution < 1.29 is 13.2 Å². The molecule has 1 aromatic carbocycles. The Hall–Kier alpha value is -2.41. The third kappa shape index (κ3) is 2.94. The molecule has 0 atom stereocenters. The van der Waals surface area contributed by atoms with Crippen molar-refractivity contribution in [2.75, 3.05) is 0 Å². The molecule has 4 nitrogen and oxygen atoms in total. The molecule has 0 fully saturated rings. The highest BCUT2D eigenvalue weighted by Crippen LogP contribution is 2.28. The van der Waals surface area contributed by atoms with Crippen molar-refractivity contribution in [3.63, 3.8) is 0 Å². The molecule has 0 aliphatic carbocycles. The molecule has 0 amide bonds. The van der Waals surface area contributed by atoms with Gasteiger partial charge in [-0.15, -0.1) is 0 Å². The quantitative estimate of drug-likeness (QED) is 0.715. The van der Waals surface area contributed by atoms with E-state index in [-0.39, 0.29) is 5.95 Å². The van der Waals surface area contributed by atoms with Crippen molar-refractivity contribution in [1.29, 1.82) is 0 Å². The number of hydrogen-bond acceptors (Lipinski definition) is 3. The highest BCUT2D eigenvalue weighted by molar-refractivity contribution is 6.30. The topological polar surface area (TPSA) is 43.6 Å². The summed E-state index contributed by atoms with van der Waals surface area (Å²) in [4.78, 5) is 8.16. The largest absolute Gasteiger partial charge is 0.435 e. The van der Waals surface area contributed by atoms with Crippen molar-refractivity contribution in [3.8, 4) is 17.2 Å². The number of benzene rings is 1. The third-order valence-electron chi connectivity index (χ3n) is 2.85. The SMILES string of the molecule is FC(F)(F)c1ccn(-c2nccc(-c3cccc(Cl)c3)n2)n1. The smallest absolute Gasteiger partial charge is 0.220 e. The second-order valence-corrected chi connectivity index (χ2v) is 4.83. The number of nitrogens with zero attached hydrogens (tertiary/aromatic N) is 4. The molecule has 0 saturated carbocycles. The maximum Gasteiger partial charge on any atom is 0.435 e. The van der Waals surface area contributed by atoms with E-state index in [1.807, 2.05) is 0 Å². The van der Waals surface area contributed by atoms with E-state index in [1.54, 1.807) is 30.3 Å². The van der Waals surface area contributed by atoms with Gasteiger partial charge in [-0.1, -0.05) is 23.7 Å². The van der Waals surface area contributed by atoms with Gasteiger partial charge in [0.05, 0.1) is 5.69 Å². The standard InChI is InChI=1S/C14H8ClF3N4/c15-10-3-1-2-9(8-10)11-4-6-19-13(20-11)22-7-5-12(21-22)14(16,17)18/h1-8H. The molecule has 8 heteroatoms. The van der Waals surface area contributed by atoms with Crippen LogP contribution in [0.2, 0.25) is 5.02 Å². The van der Waals surface area contributed by atoms with Crippen LogP contribution in [0.25, 0.3) is 17.2 Å². The van der Waals surface area contributed by atoms with Gasteiger partial charge in [0.2, 0.25) is 0 Å². The molecule has 112 valence electrons. The zero-order valence-electron chi connectivity index (χ0n) is 10.9. The summed E-state index contributed by atoms with van der Waals surface area (Å²) >= 11 is 5.92. The fourth-order valence-corrected chi connectivity index (χ4v) is 2.04. The molecule has 0 aliphatic rings. The van der Waals surface area contributed by atoms with E-state index in [0.717, 1.165) is 16.3 Å². The van der Waals surface area contributed by atoms with Crippen LogP contribution in [-0.4, -0.2) is 19.7 Å². The summed E-state index contributed by atoms with van der Waals surface area (Å²) in [5, 5.41) is 3.98. The molecule has 0 N–H and O–H groups in total. The van der Waals surface area contributed by atoms with E-state index in [0.29, 0.717) is 10.7 Å². The van der Waals surface area contributed by atoms with Gasteiger partial charge in [0, 0.05) is 23.0 Å². The van der Waals surface area contributed by atoms with Crippen LogP contribution < -0.4 is 0 Å². The number of aromatic nitrogens is 4. The summed E-state index contributed by atoms with van der Waals surface area (Å²) in [6, 6.07) is 9.49. The monoisotopic (exact) mass is 324 g/mol. The molecular formula is C14H8ClF3N4. The Morgan fingerprint density at radius 2 is 1.91 bits per heavy atom. The molecule has 0 saturated heterocycles. The van der Waals surface area contributed by atoms with Gasteiger partial charge in [-0.3, -0.25) is 0 Å². The van der Waals surface area contributed by atoms with Crippen LogP contribution in [-0.2, 0) is 6.18 Å². The highest BCUT2D eigenvalue weighted by Gasteiger charge is 2.33. The van der Waals surface area contributed by atoms with Crippen LogP contribution in [0.15, 0.2) is 48.8 Å². The van der Waals surface area contributed by atoms with E-state index in [2.05, 4.69) is 15.1 Å². The van der Waals surface area contributed by atoms with Gasteiger partial charge < -0.3 is 0 Å². The molecule has 0 unspecified atom stereocenters. The van der Waals surface area contributed by atoms with Gasteiger partial charge in [0.1, 0.15) is 0 Å². The Morgan fingerprint density at radius 3 is 2.59 bits per heavy atom. The lowest BCUT2D eigenvalue weighted by molar-refractivity contribution is -0.141. The van der Waals surface area contributed by atoms with Crippen LogP contribution in [0.1, 0.15) is 5.69 Å². The molecule has 3 rings (SSSR count). The summed E-state index contributed by atoms with van der Waals surface area (Å²) in [7, 11) is 0. The van der Waals surface area contributed by atoms with Crippen molar-refractivity contribution in [1.82, 2.24) is 19.7 Å². The first-order valence-corrected chi connectivity index (χ1v) is 6.53. The lowest BCUT2D eigenvalue weighted by Gasteiger charge is -2.05. The summed E-state index contributed by atoms with van der Waals surface area (Å²) in [6.45, 7) is 0. The Morgan fingerprint density at radius 1 is 1.09 bits per heavy atom. The third-order valence-corrected chi connectivity index (χ3v) is 3.08. The van der Waals surface area contributed by atoms with Crippen LogP contribution in [0.4, 0.5) is 13.2 Å². The molecule has 0 aliphatic heterocycles. The Bertz CT molecular complexity index is 814. The van der Waals surface area contributed by atoms with Crippen LogP contribution >= 0.6 is 11.6 Å². The molecule has 2 aromatic heterocycles. The number of hydrogen-bond donors (Lipinski definition) is 0. The summed E-state index contributed by atoms with van der Waals surface area (Å²) < 4.78 is 38.7. The molecule has 0 bridgehead atoms. The van der Waals surface area contributed by atoms with Crippen molar-refractivity contribution >= 4 is 11.6 Å². The average molecular weight is 325 g/mol. The van der Waals surface area contributed by atoms with Gasteiger partial charge in [-0.2, -0.15) is 18.3 Å². The highest BCUT2D eigenvalue weighted by atomic mass is 35.5. The molecular weight excluding hydrogens is 317 g/mol. The Kier molecular flexibility index (Phi) is 3.58. The second kappa shape index (κ2) is 5.42. The zero-order valence-corrected chi connectivity index (χ0v) is 11.7. The zero-order chi connectivity index (χ0) is 15.7. The fraction of sp³-hybridized carbons (Fsp3) is 0.0714. The first-order chi connectivity index (χ1) is 10.4. The van der Waals surface area contributed by atoms with E-state index in [4.69, 9.17) is 11.6 Å². The number of alkyl halides is 3. The van der Waals surface area contributed by atoms with E-state index >= 15 is 0 Å². The van der Waals surface area contributed by atoms with Gasteiger partial charge in [-0.05, 0) is 24.3 Å². The lowest BCUT2D eigenvalue weighted by atomic mass is 10.1. The maximum absolute atomic E-state index is 12.6. The molecule has 3 aromatic rings. The van der Waals surface area contributed by atoms with Gasteiger partial charge in [0.25, 0.3) is 5.95 Å². The second-order valence-electron chi connectivity index (χ2n) is 4.40. The van der Waals surface area contributed by atoms with Crippen LogP contribution in [0.5, 0.6) is 0 Å². The minimum Gasteiger partial charge on any atom is -0.220 e. The van der Waals surface area contributed by atoms with E-state index < -0.39 is 11.9 Å². The number of halogens is 4. The number of rotatable bonds is 2. The molecule has 0 radical (unpaired) electrons. The van der Waals surface area contributed by atoms with E-state index in [1.165, 1.54) is 12.4 Å². The average Bonchev–Trinajstić information content (AvgIpc) is 2.97. The Balaban J connectivity index is 1.99. The van der Waals surface area contributed by atoms with Gasteiger partial charge in [0.15, 0.2) is 5.69 Å². The summed E-state index contributed by atoms with van der Waals surface area (Å²) in [5.41, 5.74) is 0.278. The van der Waals surface area contributed by atoms with Crippen molar-refractivity contribution in [2.45, 2.75) is 6.18 Å². The minimum atomic E-state index is -4.50. The molecule has 2 heterocycles. The van der Waals surface area contributed by atoms with Crippen molar-refractivity contribution in [3.05, 3.63) is 59.5 Å². The Labute approximate surface area is 128 Å². The van der Waals surface area contributed by atoms with Crippen LogP contribution in [0.3, 0.4) is 0 Å². The van der Waals surface area contributed by atoms with Gasteiger partial charge in [-0.25, -0.2) is 14.6 Å². The maximum atomic E-state index is 12.6. The van der Waals surface area contributed by atoms with Crippen LogP contribution in [0, 0.1) is 0 Å². The first-order valence-electron chi connectivity index (χ1n) is 6.16. The normalized spacial score (nSPS) is 11.6. The summed E-state index contributed by atoms with van der Waals surface area (Å²) in [5.74, 6) is 0.0491. The molecule has 22 heavy (non-hydrogen) atoms. The predicted octanol–water partition coefficient (Wildman–Crippen LogP) is 4.00. The fourth-order valence-electron chi connectivity index (χ4n) is 1.85. The summed E-state index contributed by atoms with van der Waals surface area (Å²) in [6.07, 6.45) is -1.89. The van der Waals surface area contributed by atoms with Gasteiger partial charge >= 0.3 is 6.18 Å². The molecule has 0 spiro atoms. The lowest BCUT2D eigenvalue weighted by Crippen LogP contribution is -2.08. The predicted molar refractivity (Wildman–Crippen MR) is 74.6 cm³/mol. The van der Waals surface area contributed by atoms with E-state index in [9.17, 15) is 13.2 Å².